The minimum absolute atomic E-state index is 0.267. The van der Waals surface area contributed by atoms with Gasteiger partial charge in [0.1, 0.15) is 17.0 Å². The highest BCUT2D eigenvalue weighted by molar-refractivity contribution is 5.86. The van der Waals surface area contributed by atoms with E-state index in [1.54, 1.807) is 18.3 Å². The Morgan fingerprint density at radius 1 is 0.545 bits per heavy atom. The number of aromatic nitrogens is 2. The number of hydrogen-bond acceptors (Lipinski definition) is 2. The molecule has 0 N–H and O–H groups in total. The molecule has 0 unspecified atom stereocenters. The van der Waals surface area contributed by atoms with Crippen LogP contribution in [0.4, 0.5) is 8.78 Å². The quantitative estimate of drug-likeness (QED) is 0.308. The Bertz CT molecular complexity index is 1430. The van der Waals surface area contributed by atoms with Crippen LogP contribution in [0.5, 0.6) is 0 Å². The molecular formula is C29H18F2N2. The van der Waals surface area contributed by atoms with E-state index in [0.717, 1.165) is 11.3 Å². The smallest absolute Gasteiger partial charge is 0.131 e. The molecule has 2 aromatic heterocycles. The summed E-state index contributed by atoms with van der Waals surface area (Å²) >= 11 is 0. The molecule has 1 aliphatic carbocycles. The fourth-order valence-corrected chi connectivity index (χ4v) is 5.01. The van der Waals surface area contributed by atoms with Crippen molar-refractivity contribution in [2.24, 2.45) is 0 Å². The molecule has 0 spiro atoms. The van der Waals surface area contributed by atoms with Gasteiger partial charge in [0, 0.05) is 22.9 Å². The molecule has 0 atom stereocenters. The summed E-state index contributed by atoms with van der Waals surface area (Å²) in [5.74, 6) is -0.924. The average Bonchev–Trinajstić information content (AvgIpc) is 3.19. The van der Waals surface area contributed by atoms with Gasteiger partial charge in [-0.25, -0.2) is 8.78 Å². The Balaban J connectivity index is 1.76. The number of pyridine rings is 2. The Morgan fingerprint density at radius 3 is 1.79 bits per heavy atom. The van der Waals surface area contributed by atoms with Crippen molar-refractivity contribution in [2.45, 2.75) is 5.41 Å². The zero-order valence-corrected chi connectivity index (χ0v) is 17.5. The van der Waals surface area contributed by atoms with Crippen molar-refractivity contribution in [3.8, 4) is 22.4 Å². The summed E-state index contributed by atoms with van der Waals surface area (Å²) in [4.78, 5) is 9.73. The van der Waals surface area contributed by atoms with Gasteiger partial charge >= 0.3 is 0 Å². The van der Waals surface area contributed by atoms with Crippen LogP contribution in [-0.4, -0.2) is 9.97 Å². The standard InChI is InChI=1S/C29H18F2N2/c30-22-13-6-11-20-27(22)28-21(12-7-14-23(28)31)29(20,25-16-4-5-18-32-25)26-17-8-15-24(33-26)19-9-2-1-3-10-19/h1-18H. The van der Waals surface area contributed by atoms with Crippen LogP contribution in [0.2, 0.25) is 0 Å². The Morgan fingerprint density at radius 2 is 1.15 bits per heavy atom. The molecule has 1 aliphatic rings. The van der Waals surface area contributed by atoms with Crippen molar-refractivity contribution >= 4 is 0 Å². The minimum atomic E-state index is -1.05. The SMILES string of the molecule is Fc1cccc2c1-c1c(F)cccc1C2(c1ccccn1)c1cccc(-c2ccccc2)n1. The van der Waals surface area contributed by atoms with Crippen LogP contribution in [0, 0.1) is 11.6 Å². The van der Waals surface area contributed by atoms with Crippen LogP contribution in [0.1, 0.15) is 22.5 Å². The first-order chi connectivity index (χ1) is 16.2. The van der Waals surface area contributed by atoms with E-state index in [0.29, 0.717) is 22.5 Å². The second-order valence-electron chi connectivity index (χ2n) is 8.06. The minimum Gasteiger partial charge on any atom is -0.260 e. The highest BCUT2D eigenvalue weighted by atomic mass is 19.1. The van der Waals surface area contributed by atoms with Crippen molar-refractivity contribution in [3.63, 3.8) is 0 Å². The first-order valence-corrected chi connectivity index (χ1v) is 10.7. The predicted octanol–water partition coefficient (Wildman–Crippen LogP) is 6.78. The molecule has 5 aromatic rings. The molecule has 0 amide bonds. The molecule has 2 nitrogen and oxygen atoms in total. The number of nitrogens with zero attached hydrogens (tertiary/aromatic N) is 2. The fraction of sp³-hybridized carbons (Fsp3) is 0.0345. The van der Waals surface area contributed by atoms with E-state index in [2.05, 4.69) is 4.98 Å². The van der Waals surface area contributed by atoms with Gasteiger partial charge in [0.05, 0.1) is 17.1 Å². The van der Waals surface area contributed by atoms with E-state index < -0.39 is 17.0 Å². The molecule has 3 aromatic carbocycles. The van der Waals surface area contributed by atoms with Gasteiger partial charge < -0.3 is 0 Å². The third kappa shape index (κ3) is 2.77. The number of fused-ring (bicyclic) bond motifs is 3. The summed E-state index contributed by atoms with van der Waals surface area (Å²) < 4.78 is 30.5. The van der Waals surface area contributed by atoms with Crippen molar-refractivity contribution in [1.29, 1.82) is 0 Å². The third-order valence-electron chi connectivity index (χ3n) is 6.34. The van der Waals surface area contributed by atoms with Gasteiger partial charge in [-0.05, 0) is 47.5 Å². The Labute approximate surface area is 190 Å². The molecule has 6 rings (SSSR count). The zero-order valence-electron chi connectivity index (χ0n) is 17.5. The number of halogens is 2. The van der Waals surface area contributed by atoms with E-state index >= 15 is 8.78 Å². The third-order valence-corrected chi connectivity index (χ3v) is 6.34. The van der Waals surface area contributed by atoms with Crippen LogP contribution >= 0.6 is 0 Å². The molecule has 0 bridgehead atoms. The van der Waals surface area contributed by atoms with Gasteiger partial charge in [0.2, 0.25) is 0 Å². The van der Waals surface area contributed by atoms with Crippen LogP contribution in [0.3, 0.4) is 0 Å². The van der Waals surface area contributed by atoms with Gasteiger partial charge in [0.15, 0.2) is 0 Å². The van der Waals surface area contributed by atoms with Crippen LogP contribution < -0.4 is 0 Å². The maximum Gasteiger partial charge on any atom is 0.131 e. The maximum atomic E-state index is 15.3. The fourth-order valence-electron chi connectivity index (χ4n) is 5.01. The highest BCUT2D eigenvalue weighted by Crippen LogP contribution is 2.56. The van der Waals surface area contributed by atoms with Gasteiger partial charge in [-0.2, -0.15) is 0 Å². The van der Waals surface area contributed by atoms with Crippen molar-refractivity contribution in [2.75, 3.05) is 0 Å². The monoisotopic (exact) mass is 432 g/mol. The van der Waals surface area contributed by atoms with E-state index in [4.69, 9.17) is 4.98 Å². The van der Waals surface area contributed by atoms with Gasteiger partial charge in [-0.3, -0.25) is 9.97 Å². The second-order valence-corrected chi connectivity index (χ2v) is 8.06. The highest BCUT2D eigenvalue weighted by Gasteiger charge is 2.50. The predicted molar refractivity (Wildman–Crippen MR) is 125 cm³/mol. The van der Waals surface area contributed by atoms with E-state index in [-0.39, 0.29) is 11.1 Å². The lowest BCUT2D eigenvalue weighted by molar-refractivity contribution is 0.617. The lowest BCUT2D eigenvalue weighted by Gasteiger charge is -2.31. The molecule has 0 aliphatic heterocycles. The molecule has 0 saturated carbocycles. The van der Waals surface area contributed by atoms with Gasteiger partial charge in [-0.15, -0.1) is 0 Å². The van der Waals surface area contributed by atoms with Crippen LogP contribution in [-0.2, 0) is 5.41 Å². The summed E-state index contributed by atoms with van der Waals surface area (Å²) in [5.41, 5.74) is 3.83. The topological polar surface area (TPSA) is 25.8 Å². The van der Waals surface area contributed by atoms with E-state index in [9.17, 15) is 0 Å². The Hall–Kier alpha value is -4.18. The first kappa shape index (κ1) is 19.5. The number of rotatable bonds is 3. The lowest BCUT2D eigenvalue weighted by atomic mass is 9.72. The molecule has 4 heteroatoms. The van der Waals surface area contributed by atoms with E-state index in [1.165, 1.54) is 12.1 Å². The van der Waals surface area contributed by atoms with Crippen molar-refractivity contribution in [3.05, 3.63) is 143 Å². The average molecular weight is 432 g/mol. The van der Waals surface area contributed by atoms with Crippen LogP contribution in [0.25, 0.3) is 22.4 Å². The molecule has 0 radical (unpaired) electrons. The molecule has 0 saturated heterocycles. The molecule has 0 fully saturated rings. The largest absolute Gasteiger partial charge is 0.260 e. The van der Waals surface area contributed by atoms with E-state index in [1.807, 2.05) is 78.9 Å². The lowest BCUT2D eigenvalue weighted by Crippen LogP contribution is -2.31. The Kier molecular flexibility index (Phi) is 4.40. The molecule has 2 heterocycles. The summed E-state index contributed by atoms with van der Waals surface area (Å²) in [6.45, 7) is 0. The summed E-state index contributed by atoms with van der Waals surface area (Å²) in [6.07, 6.45) is 1.70. The molecule has 33 heavy (non-hydrogen) atoms. The first-order valence-electron chi connectivity index (χ1n) is 10.7. The molecular weight excluding hydrogens is 414 g/mol. The number of benzene rings is 3. The zero-order chi connectivity index (χ0) is 22.4. The normalized spacial score (nSPS) is 13.4. The molecule has 158 valence electrons. The summed E-state index contributed by atoms with van der Waals surface area (Å²) in [5, 5.41) is 0. The number of hydrogen-bond donors (Lipinski definition) is 0. The maximum absolute atomic E-state index is 15.3. The van der Waals surface area contributed by atoms with Gasteiger partial charge in [0.25, 0.3) is 0 Å². The van der Waals surface area contributed by atoms with Crippen molar-refractivity contribution < 1.29 is 8.78 Å². The van der Waals surface area contributed by atoms with Crippen LogP contribution in [0.15, 0.2) is 109 Å². The summed E-state index contributed by atoms with van der Waals surface area (Å²) in [7, 11) is 0. The summed E-state index contributed by atoms with van der Waals surface area (Å²) in [6, 6.07) is 31.1. The second kappa shape index (κ2) is 7.45. The van der Waals surface area contributed by atoms with Gasteiger partial charge in [-0.1, -0.05) is 66.7 Å². The van der Waals surface area contributed by atoms with Crippen molar-refractivity contribution in [1.82, 2.24) is 9.97 Å².